The first kappa shape index (κ1) is 20.4. The van der Waals surface area contributed by atoms with Gasteiger partial charge in [0.25, 0.3) is 0 Å². The molecule has 0 radical (unpaired) electrons. The average Bonchev–Trinajstić information content (AvgIpc) is 3.18. The van der Waals surface area contributed by atoms with Crippen molar-refractivity contribution in [3.05, 3.63) is 22.8 Å². The highest BCUT2D eigenvalue weighted by Crippen LogP contribution is 2.64. The van der Waals surface area contributed by atoms with Gasteiger partial charge in [0.05, 0.1) is 11.7 Å². The van der Waals surface area contributed by atoms with Crippen LogP contribution < -0.4 is 5.32 Å². The monoisotopic (exact) mass is 423 g/mol. The van der Waals surface area contributed by atoms with E-state index in [2.05, 4.69) is 33.0 Å². The topological polar surface area (TPSA) is 55.4 Å². The second kappa shape index (κ2) is 6.63. The van der Waals surface area contributed by atoms with E-state index in [9.17, 15) is 9.59 Å². The Labute approximate surface area is 186 Å². The average molecular weight is 424 g/mol. The number of allylic oxidation sites excluding steroid dienone is 3. The van der Waals surface area contributed by atoms with Crippen molar-refractivity contribution in [3.63, 3.8) is 0 Å². The molecule has 6 aliphatic rings. The third-order valence-electron chi connectivity index (χ3n) is 10.5. The summed E-state index contributed by atoms with van der Waals surface area (Å²) in [7, 11) is 0. The van der Waals surface area contributed by atoms with Gasteiger partial charge in [-0.25, -0.2) is 0 Å². The van der Waals surface area contributed by atoms with Crippen molar-refractivity contribution >= 4 is 11.6 Å². The maximum atomic E-state index is 14.1. The normalized spacial score (nSPS) is 51.4. The Morgan fingerprint density at radius 2 is 1.94 bits per heavy atom. The largest absolute Gasteiger partial charge is 0.365 e. The van der Waals surface area contributed by atoms with E-state index in [1.54, 1.807) is 0 Å². The van der Waals surface area contributed by atoms with Crippen LogP contribution in [0.5, 0.6) is 0 Å². The van der Waals surface area contributed by atoms with Gasteiger partial charge < -0.3 is 10.1 Å². The van der Waals surface area contributed by atoms with Gasteiger partial charge in [-0.15, -0.1) is 0 Å². The fourth-order valence-corrected chi connectivity index (χ4v) is 8.84. The van der Waals surface area contributed by atoms with Crippen LogP contribution in [0, 0.1) is 35.0 Å². The number of rotatable bonds is 0. The van der Waals surface area contributed by atoms with E-state index < -0.39 is 0 Å². The zero-order valence-electron chi connectivity index (χ0n) is 19.5. The molecular formula is C27H37NO3. The van der Waals surface area contributed by atoms with Crippen LogP contribution in [0.15, 0.2) is 22.8 Å². The van der Waals surface area contributed by atoms with Crippen LogP contribution in [0.4, 0.5) is 0 Å². The first-order valence-corrected chi connectivity index (χ1v) is 12.7. The Kier molecular flexibility index (Phi) is 4.36. The minimum absolute atomic E-state index is 0.0582. The van der Waals surface area contributed by atoms with E-state index in [0.29, 0.717) is 41.9 Å². The predicted molar refractivity (Wildman–Crippen MR) is 119 cm³/mol. The lowest BCUT2D eigenvalue weighted by molar-refractivity contribution is -0.125. The molecule has 31 heavy (non-hydrogen) atoms. The van der Waals surface area contributed by atoms with Crippen LogP contribution in [0.25, 0.3) is 0 Å². The second-order valence-corrected chi connectivity index (χ2v) is 11.9. The lowest BCUT2D eigenvalue weighted by Crippen LogP contribution is -2.49. The highest BCUT2D eigenvalue weighted by atomic mass is 16.5. The molecule has 1 spiro atoms. The number of ether oxygens (including phenoxy) is 1. The lowest BCUT2D eigenvalue weighted by Gasteiger charge is -2.47. The quantitative estimate of drug-likeness (QED) is 0.628. The number of ketones is 2. The molecule has 2 aliphatic heterocycles. The van der Waals surface area contributed by atoms with E-state index in [0.717, 1.165) is 50.6 Å². The maximum absolute atomic E-state index is 14.1. The summed E-state index contributed by atoms with van der Waals surface area (Å²) < 4.78 is 6.92. The number of hydrogen-bond acceptors (Lipinski definition) is 4. The number of Topliss-reactive ketones (excluding diaryl/α,β-unsaturated/α-hetero) is 1. The van der Waals surface area contributed by atoms with Crippen LogP contribution in [-0.2, 0) is 14.3 Å². The summed E-state index contributed by atoms with van der Waals surface area (Å²) in [5, 5.41) is 3.77. The molecule has 9 atom stereocenters. The van der Waals surface area contributed by atoms with Crippen LogP contribution in [0.3, 0.4) is 0 Å². The highest BCUT2D eigenvalue weighted by Gasteiger charge is 2.63. The summed E-state index contributed by atoms with van der Waals surface area (Å²) in [4.78, 5) is 26.2. The van der Waals surface area contributed by atoms with E-state index in [-0.39, 0.29) is 28.8 Å². The molecule has 4 nitrogen and oxygen atoms in total. The van der Waals surface area contributed by atoms with E-state index in [1.807, 2.05) is 6.08 Å². The van der Waals surface area contributed by atoms with Gasteiger partial charge in [0, 0.05) is 29.9 Å². The molecule has 4 fully saturated rings. The zero-order chi connectivity index (χ0) is 21.7. The molecule has 2 heterocycles. The van der Waals surface area contributed by atoms with Gasteiger partial charge >= 0.3 is 0 Å². The smallest absolute Gasteiger partial charge is 0.163 e. The summed E-state index contributed by atoms with van der Waals surface area (Å²) in [5.74, 6) is 2.58. The molecule has 168 valence electrons. The van der Waals surface area contributed by atoms with Crippen molar-refractivity contribution in [1.29, 1.82) is 0 Å². The van der Waals surface area contributed by atoms with Gasteiger partial charge in [-0.1, -0.05) is 26.3 Å². The minimum atomic E-state index is -0.274. The molecular weight excluding hydrogens is 386 g/mol. The Balaban J connectivity index is 1.40. The number of carbonyl (C=O) groups excluding carboxylic acids is 2. The summed E-state index contributed by atoms with van der Waals surface area (Å²) >= 11 is 0. The van der Waals surface area contributed by atoms with Crippen LogP contribution in [0.1, 0.15) is 72.6 Å². The molecule has 2 saturated carbocycles. The van der Waals surface area contributed by atoms with Gasteiger partial charge in [0.1, 0.15) is 0 Å². The first-order valence-electron chi connectivity index (χ1n) is 12.7. The second-order valence-electron chi connectivity index (χ2n) is 11.9. The molecule has 0 unspecified atom stereocenters. The fourth-order valence-electron chi connectivity index (χ4n) is 8.84. The SMILES string of the molecule is CC1=C2C(=O)[C@H]3[C@@H](CCC4=CC(=O)CC[C@@]43C)[C@@H]2CC[C@]12O[C@@H]1C[C@H](C)CN[C@H]1[C@H]2C. The predicted octanol–water partition coefficient (Wildman–Crippen LogP) is 4.39. The number of fused-ring (bicyclic) bond motifs is 6. The number of nitrogens with one attached hydrogen (secondary N) is 1. The van der Waals surface area contributed by atoms with Crippen LogP contribution in [0.2, 0.25) is 0 Å². The molecule has 0 bridgehead atoms. The van der Waals surface area contributed by atoms with E-state index >= 15 is 0 Å². The van der Waals surface area contributed by atoms with Crippen molar-refractivity contribution in [2.75, 3.05) is 6.54 Å². The molecule has 0 aromatic heterocycles. The Hall–Kier alpha value is -1.26. The van der Waals surface area contributed by atoms with Crippen molar-refractivity contribution in [3.8, 4) is 0 Å². The van der Waals surface area contributed by atoms with E-state index in [1.165, 1.54) is 11.1 Å². The molecule has 4 aliphatic carbocycles. The Morgan fingerprint density at radius 1 is 1.13 bits per heavy atom. The van der Waals surface area contributed by atoms with E-state index in [4.69, 9.17) is 4.74 Å². The minimum Gasteiger partial charge on any atom is -0.365 e. The number of carbonyl (C=O) groups is 2. The number of piperidine rings is 1. The molecule has 0 amide bonds. The first-order chi connectivity index (χ1) is 14.8. The van der Waals surface area contributed by atoms with Crippen LogP contribution in [-0.4, -0.2) is 35.9 Å². The maximum Gasteiger partial charge on any atom is 0.163 e. The number of hydrogen-bond donors (Lipinski definition) is 1. The molecule has 6 rings (SSSR count). The lowest BCUT2D eigenvalue weighted by atomic mass is 9.56. The molecule has 2 saturated heterocycles. The summed E-state index contributed by atoms with van der Waals surface area (Å²) in [5.41, 5.74) is 3.22. The third-order valence-corrected chi connectivity index (χ3v) is 10.5. The molecule has 4 heteroatoms. The Morgan fingerprint density at radius 3 is 2.74 bits per heavy atom. The standard InChI is InChI=1S/C27H37NO3/c1-14-11-21-24(28-13-14)16(3)27(31-21)10-8-19-20-6-5-17-12-18(29)7-9-26(17,4)23(20)25(30)22(19)15(27)2/h12,14,16,19-21,23-24,28H,5-11,13H2,1-4H3/t14-,16+,19-,20-,21+,23+,24-,26-,27-/m0/s1. The molecule has 1 N–H and O–H groups in total. The van der Waals surface area contributed by atoms with Gasteiger partial charge in [-0.3, -0.25) is 9.59 Å². The van der Waals surface area contributed by atoms with Gasteiger partial charge in [-0.05, 0) is 86.8 Å². The van der Waals surface area contributed by atoms with Crippen molar-refractivity contribution in [1.82, 2.24) is 5.32 Å². The molecule has 0 aromatic rings. The zero-order valence-corrected chi connectivity index (χ0v) is 19.5. The van der Waals surface area contributed by atoms with Crippen molar-refractivity contribution in [2.45, 2.75) is 90.4 Å². The van der Waals surface area contributed by atoms with Crippen LogP contribution >= 0.6 is 0 Å². The molecule has 0 aromatic carbocycles. The van der Waals surface area contributed by atoms with Gasteiger partial charge in [0.2, 0.25) is 0 Å². The fraction of sp³-hybridized carbons (Fsp3) is 0.778. The summed E-state index contributed by atoms with van der Waals surface area (Å²) in [6.45, 7) is 10.2. The Bertz CT molecular complexity index is 917. The van der Waals surface area contributed by atoms with Gasteiger partial charge in [0.15, 0.2) is 11.6 Å². The summed E-state index contributed by atoms with van der Waals surface area (Å²) in [6, 6.07) is 0.401. The third kappa shape index (κ3) is 2.55. The van der Waals surface area contributed by atoms with Crippen molar-refractivity contribution in [2.24, 2.45) is 35.0 Å². The van der Waals surface area contributed by atoms with Crippen molar-refractivity contribution < 1.29 is 14.3 Å². The summed E-state index contributed by atoms with van der Waals surface area (Å²) in [6.07, 6.45) is 8.88. The highest BCUT2D eigenvalue weighted by molar-refractivity contribution is 6.03. The van der Waals surface area contributed by atoms with Gasteiger partial charge in [-0.2, -0.15) is 0 Å².